The largest absolute Gasteiger partial charge is 0.481 e. The summed E-state index contributed by atoms with van der Waals surface area (Å²) in [6.45, 7) is 4.58. The summed E-state index contributed by atoms with van der Waals surface area (Å²) in [5.41, 5.74) is 0. The van der Waals surface area contributed by atoms with Gasteiger partial charge >= 0.3 is 5.97 Å². The fourth-order valence-electron chi connectivity index (χ4n) is 2.64. The Labute approximate surface area is 124 Å². The van der Waals surface area contributed by atoms with E-state index in [2.05, 4.69) is 17.1 Å². The van der Waals surface area contributed by atoms with Crippen LogP contribution in [0.2, 0.25) is 0 Å². The fraction of sp³-hybridized carbons (Fsp3) is 0.667. The Kier molecular flexibility index (Phi) is 5.50. The quantitative estimate of drug-likeness (QED) is 0.778. The number of aliphatic carboxylic acids is 1. The van der Waals surface area contributed by atoms with Gasteiger partial charge in [0.05, 0.1) is 11.8 Å². The molecule has 6 heteroatoms. The highest BCUT2D eigenvalue weighted by Crippen LogP contribution is 2.34. The molecule has 21 heavy (non-hydrogen) atoms. The number of hydrogen-bond donors (Lipinski definition) is 1. The number of carbonyl (C=O) groups is 1. The Morgan fingerprint density at radius 1 is 1.48 bits per heavy atom. The number of carboxylic acid groups (broad SMARTS) is 1. The summed E-state index contributed by atoms with van der Waals surface area (Å²) >= 11 is 0. The first-order chi connectivity index (χ1) is 10.2. The van der Waals surface area contributed by atoms with Crippen molar-refractivity contribution in [3.8, 4) is 0 Å². The average molecular weight is 294 g/mol. The van der Waals surface area contributed by atoms with E-state index in [0.29, 0.717) is 31.2 Å². The summed E-state index contributed by atoms with van der Waals surface area (Å²) < 4.78 is 10.9. The lowest BCUT2D eigenvalue weighted by atomic mass is 9.83. The highest BCUT2D eigenvalue weighted by Gasteiger charge is 2.34. The van der Waals surface area contributed by atoms with Gasteiger partial charge in [0, 0.05) is 6.61 Å². The lowest BCUT2D eigenvalue weighted by molar-refractivity contribution is -0.142. The zero-order valence-corrected chi connectivity index (χ0v) is 12.5. The van der Waals surface area contributed by atoms with Crippen LogP contribution in [0.5, 0.6) is 0 Å². The minimum absolute atomic E-state index is 0.181. The molecule has 0 aromatic carbocycles. The minimum Gasteiger partial charge on any atom is -0.481 e. The molecule has 0 saturated carbocycles. The Hall–Kier alpha value is -1.69. The SMILES string of the molecule is CCCC(OCC)c1noc([C@@H]2CC=CC[C@@H]2C(=O)O)n1. The lowest BCUT2D eigenvalue weighted by Gasteiger charge is -2.21. The highest BCUT2D eigenvalue weighted by atomic mass is 16.5. The van der Waals surface area contributed by atoms with E-state index >= 15 is 0 Å². The van der Waals surface area contributed by atoms with E-state index in [1.54, 1.807) is 0 Å². The van der Waals surface area contributed by atoms with Gasteiger partial charge in [-0.1, -0.05) is 30.7 Å². The van der Waals surface area contributed by atoms with Crippen LogP contribution in [0.1, 0.15) is 63.3 Å². The molecule has 0 fully saturated rings. The maximum absolute atomic E-state index is 11.3. The van der Waals surface area contributed by atoms with Crippen molar-refractivity contribution in [1.29, 1.82) is 0 Å². The summed E-state index contributed by atoms with van der Waals surface area (Å²) in [4.78, 5) is 15.7. The molecule has 2 rings (SSSR count). The molecule has 1 aromatic rings. The van der Waals surface area contributed by atoms with Gasteiger partial charge in [0.2, 0.25) is 11.7 Å². The van der Waals surface area contributed by atoms with Crippen molar-refractivity contribution < 1.29 is 19.2 Å². The second-order valence-electron chi connectivity index (χ2n) is 5.22. The number of hydrogen-bond acceptors (Lipinski definition) is 5. The molecule has 0 saturated heterocycles. The molecular formula is C15H22N2O4. The summed E-state index contributed by atoms with van der Waals surface area (Å²) in [5.74, 6) is -0.647. The Bertz CT molecular complexity index is 492. The number of allylic oxidation sites excluding steroid dienone is 2. The number of ether oxygens (including phenoxy) is 1. The van der Waals surface area contributed by atoms with Crippen LogP contribution in [0.15, 0.2) is 16.7 Å². The number of rotatable bonds is 7. The van der Waals surface area contributed by atoms with Gasteiger partial charge in [-0.05, 0) is 26.2 Å². The van der Waals surface area contributed by atoms with Crippen LogP contribution in [0.3, 0.4) is 0 Å². The fourth-order valence-corrected chi connectivity index (χ4v) is 2.64. The molecule has 1 heterocycles. The Morgan fingerprint density at radius 3 is 2.90 bits per heavy atom. The summed E-state index contributed by atoms with van der Waals surface area (Å²) in [7, 11) is 0. The molecule has 1 aliphatic rings. The predicted octanol–water partition coefficient (Wildman–Crippen LogP) is 3.08. The average Bonchev–Trinajstić information content (AvgIpc) is 2.96. The van der Waals surface area contributed by atoms with Crippen LogP contribution in [0.25, 0.3) is 0 Å². The summed E-state index contributed by atoms with van der Waals surface area (Å²) in [5, 5.41) is 13.3. The number of aromatic nitrogens is 2. The maximum atomic E-state index is 11.3. The van der Waals surface area contributed by atoms with Crippen molar-refractivity contribution in [3.63, 3.8) is 0 Å². The van der Waals surface area contributed by atoms with Crippen molar-refractivity contribution in [1.82, 2.24) is 10.1 Å². The van der Waals surface area contributed by atoms with Crippen LogP contribution < -0.4 is 0 Å². The smallest absolute Gasteiger partial charge is 0.307 e. The molecule has 0 aliphatic heterocycles. The van der Waals surface area contributed by atoms with Crippen molar-refractivity contribution in [2.45, 2.75) is 51.6 Å². The van der Waals surface area contributed by atoms with Crippen molar-refractivity contribution in [3.05, 3.63) is 23.9 Å². The molecule has 0 bridgehead atoms. The van der Waals surface area contributed by atoms with Crippen LogP contribution in [0, 0.1) is 5.92 Å². The van der Waals surface area contributed by atoms with E-state index < -0.39 is 11.9 Å². The zero-order valence-electron chi connectivity index (χ0n) is 12.5. The van der Waals surface area contributed by atoms with Gasteiger partial charge in [-0.2, -0.15) is 4.98 Å². The molecule has 116 valence electrons. The molecule has 1 unspecified atom stereocenters. The van der Waals surface area contributed by atoms with Crippen molar-refractivity contribution >= 4 is 5.97 Å². The first-order valence-electron chi connectivity index (χ1n) is 7.50. The molecule has 1 aromatic heterocycles. The van der Waals surface area contributed by atoms with Crippen molar-refractivity contribution in [2.24, 2.45) is 5.92 Å². The standard InChI is InChI=1S/C15H22N2O4/c1-3-7-12(20-4-2)13-16-14(21-17-13)10-8-5-6-9-11(10)15(18)19/h5-6,10-12H,3-4,7-9H2,1-2H3,(H,18,19)/t10-,11+,12?/m1/s1. The lowest BCUT2D eigenvalue weighted by Crippen LogP contribution is -2.23. The number of nitrogens with zero attached hydrogens (tertiary/aromatic N) is 2. The molecular weight excluding hydrogens is 272 g/mol. The van der Waals surface area contributed by atoms with E-state index in [-0.39, 0.29) is 12.0 Å². The minimum atomic E-state index is -0.820. The van der Waals surface area contributed by atoms with Gasteiger partial charge in [0.25, 0.3) is 0 Å². The Morgan fingerprint density at radius 2 is 2.24 bits per heavy atom. The van der Waals surface area contributed by atoms with Crippen LogP contribution in [-0.2, 0) is 9.53 Å². The normalized spacial score (nSPS) is 23.1. The van der Waals surface area contributed by atoms with Gasteiger partial charge in [-0.3, -0.25) is 4.79 Å². The second kappa shape index (κ2) is 7.36. The topological polar surface area (TPSA) is 85.5 Å². The van der Waals surface area contributed by atoms with Gasteiger partial charge in [-0.25, -0.2) is 0 Å². The van der Waals surface area contributed by atoms with E-state index in [1.807, 2.05) is 19.1 Å². The van der Waals surface area contributed by atoms with Gasteiger partial charge in [0.1, 0.15) is 6.10 Å². The maximum Gasteiger partial charge on any atom is 0.307 e. The molecule has 0 radical (unpaired) electrons. The van der Waals surface area contributed by atoms with E-state index in [0.717, 1.165) is 12.8 Å². The predicted molar refractivity (Wildman–Crippen MR) is 75.8 cm³/mol. The van der Waals surface area contributed by atoms with Gasteiger partial charge in [0.15, 0.2) is 0 Å². The van der Waals surface area contributed by atoms with Gasteiger partial charge in [-0.15, -0.1) is 0 Å². The zero-order chi connectivity index (χ0) is 15.2. The summed E-state index contributed by atoms with van der Waals surface area (Å²) in [6, 6.07) is 0. The van der Waals surface area contributed by atoms with E-state index in [1.165, 1.54) is 0 Å². The molecule has 1 aliphatic carbocycles. The Balaban J connectivity index is 2.17. The molecule has 0 amide bonds. The number of carboxylic acids is 1. The third-order valence-corrected chi connectivity index (χ3v) is 3.73. The van der Waals surface area contributed by atoms with Crippen molar-refractivity contribution in [2.75, 3.05) is 6.61 Å². The third-order valence-electron chi connectivity index (χ3n) is 3.73. The molecule has 0 spiro atoms. The first kappa shape index (κ1) is 15.7. The van der Waals surface area contributed by atoms with E-state index in [9.17, 15) is 9.90 Å². The highest BCUT2D eigenvalue weighted by molar-refractivity contribution is 5.71. The second-order valence-corrected chi connectivity index (χ2v) is 5.22. The van der Waals surface area contributed by atoms with E-state index in [4.69, 9.17) is 9.26 Å². The molecule has 6 nitrogen and oxygen atoms in total. The summed E-state index contributed by atoms with van der Waals surface area (Å²) in [6.07, 6.45) is 6.58. The molecule has 1 N–H and O–H groups in total. The van der Waals surface area contributed by atoms with Crippen LogP contribution >= 0.6 is 0 Å². The van der Waals surface area contributed by atoms with Crippen LogP contribution in [-0.4, -0.2) is 27.8 Å². The monoisotopic (exact) mass is 294 g/mol. The third kappa shape index (κ3) is 3.69. The van der Waals surface area contributed by atoms with Crippen LogP contribution in [0.4, 0.5) is 0 Å². The molecule has 3 atom stereocenters. The first-order valence-corrected chi connectivity index (χ1v) is 7.50. The van der Waals surface area contributed by atoms with Gasteiger partial charge < -0.3 is 14.4 Å².